The molecule has 0 saturated heterocycles. The van der Waals surface area contributed by atoms with E-state index in [4.69, 9.17) is 9.40 Å². The van der Waals surface area contributed by atoms with Gasteiger partial charge in [0.25, 0.3) is 0 Å². The van der Waals surface area contributed by atoms with Crippen molar-refractivity contribution in [3.63, 3.8) is 0 Å². The molecule has 2 aromatic heterocycles. The highest BCUT2D eigenvalue weighted by Gasteiger charge is 2.29. The zero-order valence-corrected chi connectivity index (χ0v) is 15.6. The van der Waals surface area contributed by atoms with Gasteiger partial charge in [-0.05, 0) is 12.3 Å². The molecule has 22 heavy (non-hydrogen) atoms. The Labute approximate surface area is 138 Å². The number of nitrogens with zero attached hydrogens (tertiary/aromatic N) is 2. The molecule has 3 nitrogen and oxygen atoms in total. The molecule has 2 rings (SSSR count). The number of oxazole rings is 1. The summed E-state index contributed by atoms with van der Waals surface area (Å²) in [5.74, 6) is 2.07. The Morgan fingerprint density at radius 1 is 1.09 bits per heavy atom. The molecule has 4 heteroatoms. The van der Waals surface area contributed by atoms with Crippen molar-refractivity contribution in [1.82, 2.24) is 9.97 Å². The van der Waals surface area contributed by atoms with Crippen LogP contribution in [0.5, 0.6) is 0 Å². The highest BCUT2D eigenvalue weighted by Crippen LogP contribution is 2.36. The van der Waals surface area contributed by atoms with E-state index in [0.717, 1.165) is 18.0 Å². The maximum Gasteiger partial charge on any atom is 0.196 e. The van der Waals surface area contributed by atoms with Crippen molar-refractivity contribution < 1.29 is 4.42 Å². The molecule has 0 fully saturated rings. The lowest BCUT2D eigenvalue weighted by molar-refractivity contribution is 0.424. The largest absolute Gasteiger partial charge is 0.448 e. The molecule has 0 aromatic carbocycles. The Bertz CT molecular complexity index is 610. The number of aromatic nitrogens is 2. The molecule has 0 radical (unpaired) electrons. The van der Waals surface area contributed by atoms with Gasteiger partial charge in [-0.25, -0.2) is 9.97 Å². The van der Waals surface area contributed by atoms with Crippen LogP contribution in [0.25, 0.3) is 0 Å². The van der Waals surface area contributed by atoms with Gasteiger partial charge < -0.3 is 4.42 Å². The van der Waals surface area contributed by atoms with Crippen LogP contribution in [-0.2, 0) is 5.41 Å². The van der Waals surface area contributed by atoms with Crippen molar-refractivity contribution in [3.05, 3.63) is 33.9 Å². The predicted octanol–water partition coefficient (Wildman–Crippen LogP) is 5.85. The zero-order valence-electron chi connectivity index (χ0n) is 14.8. The first kappa shape index (κ1) is 17.2. The molecule has 0 amide bonds. The van der Waals surface area contributed by atoms with Gasteiger partial charge in [-0.2, -0.15) is 0 Å². The highest BCUT2D eigenvalue weighted by molar-refractivity contribution is 7.09. The van der Waals surface area contributed by atoms with E-state index in [9.17, 15) is 0 Å². The average Bonchev–Trinajstić information content (AvgIpc) is 3.08. The van der Waals surface area contributed by atoms with Crippen LogP contribution >= 0.6 is 11.3 Å². The lowest BCUT2D eigenvalue weighted by Crippen LogP contribution is -2.20. The standard InChI is InChI=1S/C18H28N2OS/c1-11(2)14-10-22-17(19-14)13(5)8-18(6,7)15-9-21-16(20-15)12(3)4/h9-13H,8H2,1-7H3. The maximum atomic E-state index is 5.61. The molecular formula is C18H28N2OS. The zero-order chi connectivity index (χ0) is 16.5. The van der Waals surface area contributed by atoms with Gasteiger partial charge in [0.05, 0.1) is 16.4 Å². The molecule has 0 spiro atoms. The highest BCUT2D eigenvalue weighted by atomic mass is 32.1. The van der Waals surface area contributed by atoms with Crippen LogP contribution < -0.4 is 0 Å². The van der Waals surface area contributed by atoms with Gasteiger partial charge in [0.15, 0.2) is 5.89 Å². The van der Waals surface area contributed by atoms with E-state index in [-0.39, 0.29) is 5.41 Å². The monoisotopic (exact) mass is 320 g/mol. The average molecular weight is 321 g/mol. The second-order valence-corrected chi connectivity index (χ2v) is 8.37. The summed E-state index contributed by atoms with van der Waals surface area (Å²) < 4.78 is 5.61. The van der Waals surface area contributed by atoms with Crippen LogP contribution in [0, 0.1) is 0 Å². The minimum absolute atomic E-state index is 0.0142. The minimum Gasteiger partial charge on any atom is -0.448 e. The third-order valence-corrected chi connectivity index (χ3v) is 5.17. The molecule has 0 aliphatic rings. The SMILES string of the molecule is CC(C)c1csc(C(C)CC(C)(C)c2coc(C(C)C)n2)n1. The van der Waals surface area contributed by atoms with Crippen LogP contribution in [0.1, 0.15) is 94.9 Å². The summed E-state index contributed by atoms with van der Waals surface area (Å²) in [5.41, 5.74) is 2.23. The van der Waals surface area contributed by atoms with Crippen LogP contribution in [0.2, 0.25) is 0 Å². The van der Waals surface area contributed by atoms with Crippen molar-refractivity contribution >= 4 is 11.3 Å². The number of thiazole rings is 1. The lowest BCUT2D eigenvalue weighted by Gasteiger charge is -2.25. The molecule has 0 aliphatic heterocycles. The fraction of sp³-hybridized carbons (Fsp3) is 0.667. The number of hydrogen-bond donors (Lipinski definition) is 0. The Hall–Kier alpha value is -1.16. The maximum absolute atomic E-state index is 5.61. The Morgan fingerprint density at radius 2 is 1.77 bits per heavy atom. The molecule has 0 aliphatic carbocycles. The van der Waals surface area contributed by atoms with Gasteiger partial charge in [-0.1, -0.05) is 48.5 Å². The molecule has 122 valence electrons. The summed E-state index contributed by atoms with van der Waals surface area (Å²) >= 11 is 1.78. The summed E-state index contributed by atoms with van der Waals surface area (Å²) in [6, 6.07) is 0. The van der Waals surface area contributed by atoms with Gasteiger partial charge in [0.2, 0.25) is 0 Å². The second kappa shape index (κ2) is 6.53. The van der Waals surface area contributed by atoms with Crippen LogP contribution in [-0.4, -0.2) is 9.97 Å². The Morgan fingerprint density at radius 3 is 2.27 bits per heavy atom. The lowest BCUT2D eigenvalue weighted by atomic mass is 9.81. The summed E-state index contributed by atoms with van der Waals surface area (Å²) in [4.78, 5) is 9.47. The number of hydrogen-bond acceptors (Lipinski definition) is 4. The molecule has 2 heterocycles. The van der Waals surface area contributed by atoms with Gasteiger partial charge in [-0.3, -0.25) is 0 Å². The molecule has 1 unspecified atom stereocenters. The van der Waals surface area contributed by atoms with Gasteiger partial charge in [0.1, 0.15) is 6.26 Å². The van der Waals surface area contributed by atoms with Crippen LogP contribution in [0.4, 0.5) is 0 Å². The van der Waals surface area contributed by atoms with Gasteiger partial charge in [-0.15, -0.1) is 11.3 Å². The van der Waals surface area contributed by atoms with E-state index in [1.54, 1.807) is 11.3 Å². The summed E-state index contributed by atoms with van der Waals surface area (Å²) in [7, 11) is 0. The Kier molecular flexibility index (Phi) is 5.10. The molecule has 1 atom stereocenters. The van der Waals surface area contributed by atoms with E-state index >= 15 is 0 Å². The molecule has 0 saturated carbocycles. The fourth-order valence-corrected chi connectivity index (χ4v) is 3.65. The quantitative estimate of drug-likeness (QED) is 0.670. The van der Waals surface area contributed by atoms with Crippen molar-refractivity contribution in [2.45, 2.75) is 78.1 Å². The summed E-state index contributed by atoms with van der Waals surface area (Å²) in [6.07, 6.45) is 2.84. The van der Waals surface area contributed by atoms with Crippen LogP contribution in [0.15, 0.2) is 16.1 Å². The molecule has 2 aromatic rings. The first-order chi connectivity index (χ1) is 10.2. The van der Waals surface area contributed by atoms with Crippen molar-refractivity contribution in [1.29, 1.82) is 0 Å². The fourth-order valence-electron chi connectivity index (χ4n) is 2.61. The predicted molar refractivity (Wildman–Crippen MR) is 92.9 cm³/mol. The second-order valence-electron chi connectivity index (χ2n) is 7.48. The van der Waals surface area contributed by atoms with E-state index in [0.29, 0.717) is 17.8 Å². The first-order valence-electron chi connectivity index (χ1n) is 8.12. The normalized spacial score (nSPS) is 14.0. The Balaban J connectivity index is 2.12. The van der Waals surface area contributed by atoms with E-state index in [1.165, 1.54) is 10.7 Å². The van der Waals surface area contributed by atoms with E-state index < -0.39 is 0 Å². The minimum atomic E-state index is -0.0142. The smallest absolute Gasteiger partial charge is 0.196 e. The topological polar surface area (TPSA) is 38.9 Å². The summed E-state index contributed by atoms with van der Waals surface area (Å²) in [5, 5.41) is 3.42. The third-order valence-electron chi connectivity index (χ3n) is 4.08. The van der Waals surface area contributed by atoms with E-state index in [1.807, 2.05) is 6.26 Å². The molecular weight excluding hydrogens is 292 g/mol. The first-order valence-corrected chi connectivity index (χ1v) is 9.00. The van der Waals surface area contributed by atoms with Gasteiger partial charge >= 0.3 is 0 Å². The van der Waals surface area contributed by atoms with E-state index in [2.05, 4.69) is 58.8 Å². The van der Waals surface area contributed by atoms with Crippen molar-refractivity contribution in [2.75, 3.05) is 0 Å². The molecule has 0 N–H and O–H groups in total. The third kappa shape index (κ3) is 3.78. The molecule has 0 bridgehead atoms. The van der Waals surface area contributed by atoms with Crippen molar-refractivity contribution in [3.8, 4) is 0 Å². The van der Waals surface area contributed by atoms with Crippen LogP contribution in [0.3, 0.4) is 0 Å². The van der Waals surface area contributed by atoms with Gasteiger partial charge in [0, 0.05) is 22.6 Å². The number of rotatable bonds is 6. The summed E-state index contributed by atoms with van der Waals surface area (Å²) in [6.45, 7) is 15.3. The van der Waals surface area contributed by atoms with Crippen molar-refractivity contribution in [2.24, 2.45) is 0 Å².